The van der Waals surface area contributed by atoms with Crippen molar-refractivity contribution in [2.45, 2.75) is 31.4 Å². The highest BCUT2D eigenvalue weighted by Crippen LogP contribution is 2.21. The zero-order valence-electron chi connectivity index (χ0n) is 11.0. The summed E-state index contributed by atoms with van der Waals surface area (Å²) in [4.78, 5) is 24.9. The smallest absolute Gasteiger partial charge is 0.332 e. The highest BCUT2D eigenvalue weighted by Gasteiger charge is 2.45. The van der Waals surface area contributed by atoms with Crippen LogP contribution in [-0.2, 0) is 9.53 Å². The summed E-state index contributed by atoms with van der Waals surface area (Å²) in [7, 11) is 0. The van der Waals surface area contributed by atoms with Crippen LogP contribution in [0.2, 0.25) is 0 Å². The number of carboxylic acids is 1. The molecular formula is C12H20N2O5. The van der Waals surface area contributed by atoms with Crippen molar-refractivity contribution in [1.29, 1.82) is 0 Å². The Hall–Kier alpha value is -1.34. The molecule has 19 heavy (non-hydrogen) atoms. The summed E-state index contributed by atoms with van der Waals surface area (Å²) in [5.74, 6) is -0.920. The van der Waals surface area contributed by atoms with Crippen LogP contribution in [0.1, 0.15) is 19.8 Å². The Labute approximate surface area is 111 Å². The molecule has 2 aliphatic rings. The van der Waals surface area contributed by atoms with Gasteiger partial charge in [-0.1, -0.05) is 6.92 Å². The summed E-state index contributed by atoms with van der Waals surface area (Å²) < 4.78 is 5.08. The highest BCUT2D eigenvalue weighted by atomic mass is 16.5. The molecule has 0 aromatic rings. The third kappa shape index (κ3) is 2.82. The summed E-state index contributed by atoms with van der Waals surface area (Å²) in [5, 5.41) is 21.6. The first-order valence-electron chi connectivity index (χ1n) is 6.51. The number of aliphatic hydroxyl groups is 1. The molecule has 2 heterocycles. The monoisotopic (exact) mass is 272 g/mol. The van der Waals surface area contributed by atoms with Crippen LogP contribution in [0.15, 0.2) is 0 Å². The third-order valence-corrected chi connectivity index (χ3v) is 3.98. The molecule has 0 aromatic heterocycles. The predicted octanol–water partition coefficient (Wildman–Crippen LogP) is -0.358. The Morgan fingerprint density at radius 2 is 2.21 bits per heavy atom. The van der Waals surface area contributed by atoms with Crippen molar-refractivity contribution in [3.63, 3.8) is 0 Å². The van der Waals surface area contributed by atoms with Gasteiger partial charge in [-0.15, -0.1) is 0 Å². The molecule has 2 amide bonds. The van der Waals surface area contributed by atoms with E-state index in [2.05, 4.69) is 5.32 Å². The number of ether oxygens (including phenoxy) is 1. The number of nitrogens with one attached hydrogen (secondary N) is 1. The number of carbonyl (C=O) groups excluding carboxylic acids is 1. The second-order valence-corrected chi connectivity index (χ2v) is 5.40. The number of likely N-dealkylation sites (tertiary alicyclic amines) is 1. The minimum atomic E-state index is -1.33. The largest absolute Gasteiger partial charge is 0.479 e. The molecule has 7 heteroatoms. The summed E-state index contributed by atoms with van der Waals surface area (Å²) in [6, 6.07) is -0.446. The predicted molar refractivity (Wildman–Crippen MR) is 65.7 cm³/mol. The lowest BCUT2D eigenvalue weighted by atomic mass is 9.96. The van der Waals surface area contributed by atoms with Gasteiger partial charge in [-0.25, -0.2) is 9.59 Å². The molecule has 3 unspecified atom stereocenters. The number of hydrogen-bond donors (Lipinski definition) is 3. The highest BCUT2D eigenvalue weighted by molar-refractivity contribution is 5.86. The topological polar surface area (TPSA) is 99.1 Å². The van der Waals surface area contributed by atoms with Crippen molar-refractivity contribution < 1.29 is 24.5 Å². The number of aliphatic carboxylic acids is 1. The van der Waals surface area contributed by atoms with Crippen LogP contribution in [0.4, 0.5) is 4.79 Å². The van der Waals surface area contributed by atoms with E-state index in [1.807, 2.05) is 6.92 Å². The van der Waals surface area contributed by atoms with E-state index >= 15 is 0 Å². The number of piperidine rings is 1. The van der Waals surface area contributed by atoms with Gasteiger partial charge in [0.05, 0.1) is 12.7 Å². The van der Waals surface area contributed by atoms with E-state index in [0.717, 1.165) is 0 Å². The molecule has 108 valence electrons. The molecule has 0 spiro atoms. The molecule has 0 aliphatic carbocycles. The van der Waals surface area contributed by atoms with E-state index in [0.29, 0.717) is 19.6 Å². The average Bonchev–Trinajstić information content (AvgIpc) is 2.82. The van der Waals surface area contributed by atoms with Gasteiger partial charge in [-0.3, -0.25) is 0 Å². The van der Waals surface area contributed by atoms with E-state index in [-0.39, 0.29) is 25.5 Å². The summed E-state index contributed by atoms with van der Waals surface area (Å²) in [6.45, 7) is 3.01. The third-order valence-electron chi connectivity index (χ3n) is 3.98. The molecule has 2 saturated heterocycles. The number of carbonyl (C=O) groups is 2. The van der Waals surface area contributed by atoms with E-state index in [1.54, 1.807) is 0 Å². The van der Waals surface area contributed by atoms with E-state index in [4.69, 9.17) is 4.74 Å². The molecule has 2 aliphatic heterocycles. The number of β-amino-alcohol motifs (C(OH)–C–C–N with tert-alkyl or cyclic N) is 1. The van der Waals surface area contributed by atoms with Crippen LogP contribution in [0.25, 0.3) is 0 Å². The summed E-state index contributed by atoms with van der Waals surface area (Å²) in [5.41, 5.74) is -1.33. The van der Waals surface area contributed by atoms with E-state index in [1.165, 1.54) is 4.90 Å². The number of urea groups is 1. The van der Waals surface area contributed by atoms with Gasteiger partial charge in [-0.05, 0) is 12.3 Å². The lowest BCUT2D eigenvalue weighted by molar-refractivity contribution is -0.144. The Morgan fingerprint density at radius 3 is 2.74 bits per heavy atom. The normalized spacial score (nSPS) is 35.2. The van der Waals surface area contributed by atoms with Crippen molar-refractivity contribution in [3.8, 4) is 0 Å². The zero-order chi connectivity index (χ0) is 14.0. The van der Waals surface area contributed by atoms with Gasteiger partial charge < -0.3 is 25.2 Å². The van der Waals surface area contributed by atoms with Crippen LogP contribution >= 0.6 is 0 Å². The van der Waals surface area contributed by atoms with Crippen molar-refractivity contribution in [2.75, 3.05) is 26.3 Å². The number of rotatable bonds is 2. The first-order chi connectivity index (χ1) is 8.94. The van der Waals surface area contributed by atoms with Crippen molar-refractivity contribution in [1.82, 2.24) is 10.2 Å². The van der Waals surface area contributed by atoms with Gasteiger partial charge in [0.2, 0.25) is 0 Å². The van der Waals surface area contributed by atoms with Gasteiger partial charge in [0.15, 0.2) is 5.54 Å². The second kappa shape index (κ2) is 5.34. The van der Waals surface area contributed by atoms with Gasteiger partial charge >= 0.3 is 12.0 Å². The zero-order valence-corrected chi connectivity index (χ0v) is 11.0. The van der Waals surface area contributed by atoms with Crippen LogP contribution in [0, 0.1) is 5.92 Å². The van der Waals surface area contributed by atoms with Crippen molar-refractivity contribution in [3.05, 3.63) is 0 Å². The molecule has 3 atom stereocenters. The molecule has 2 rings (SSSR count). The number of amides is 2. The van der Waals surface area contributed by atoms with Crippen LogP contribution in [0.3, 0.4) is 0 Å². The Kier molecular flexibility index (Phi) is 3.96. The Bertz CT molecular complexity index is 367. The molecular weight excluding hydrogens is 252 g/mol. The van der Waals surface area contributed by atoms with Gasteiger partial charge in [0.1, 0.15) is 0 Å². The quantitative estimate of drug-likeness (QED) is 0.637. The molecule has 2 fully saturated rings. The molecule has 7 nitrogen and oxygen atoms in total. The first kappa shape index (κ1) is 14.1. The molecule has 3 N–H and O–H groups in total. The maximum atomic E-state index is 12.1. The fourth-order valence-electron chi connectivity index (χ4n) is 2.40. The summed E-state index contributed by atoms with van der Waals surface area (Å²) >= 11 is 0. The molecule has 0 saturated carbocycles. The van der Waals surface area contributed by atoms with Crippen LogP contribution in [0.5, 0.6) is 0 Å². The van der Waals surface area contributed by atoms with Crippen LogP contribution < -0.4 is 5.32 Å². The summed E-state index contributed by atoms with van der Waals surface area (Å²) in [6.07, 6.45) is 0.423. The fraction of sp³-hybridized carbons (Fsp3) is 0.833. The van der Waals surface area contributed by atoms with Crippen LogP contribution in [-0.4, -0.2) is 65.1 Å². The fourth-order valence-corrected chi connectivity index (χ4v) is 2.40. The number of hydrogen-bond acceptors (Lipinski definition) is 4. The maximum absolute atomic E-state index is 12.1. The van der Waals surface area contributed by atoms with Gasteiger partial charge in [0.25, 0.3) is 0 Å². The Balaban J connectivity index is 1.98. The number of nitrogens with zero attached hydrogens (tertiary/aromatic N) is 1. The number of aliphatic hydroxyl groups excluding tert-OH is 1. The molecule has 0 aromatic carbocycles. The average molecular weight is 272 g/mol. The van der Waals surface area contributed by atoms with Gasteiger partial charge in [-0.2, -0.15) is 0 Å². The first-order valence-corrected chi connectivity index (χ1v) is 6.51. The standard InChI is InChI=1S/C12H20N2O5/c1-8-2-4-14(6-9(8)15)11(18)13-12(10(16)17)3-5-19-7-12/h8-9,15H,2-7H2,1H3,(H,13,18)(H,16,17). The maximum Gasteiger partial charge on any atom is 0.332 e. The van der Waals surface area contributed by atoms with Crippen molar-refractivity contribution >= 4 is 12.0 Å². The molecule has 0 radical (unpaired) electrons. The van der Waals surface area contributed by atoms with Gasteiger partial charge in [0, 0.05) is 26.1 Å². The lowest BCUT2D eigenvalue weighted by Gasteiger charge is -2.36. The van der Waals surface area contributed by atoms with Crippen molar-refractivity contribution in [2.24, 2.45) is 5.92 Å². The number of carboxylic acid groups (broad SMARTS) is 1. The van der Waals surface area contributed by atoms with E-state index < -0.39 is 23.6 Å². The SMILES string of the molecule is CC1CCN(C(=O)NC2(C(=O)O)CCOC2)CC1O. The minimum Gasteiger partial charge on any atom is -0.479 e. The second-order valence-electron chi connectivity index (χ2n) is 5.40. The molecule has 0 bridgehead atoms. The minimum absolute atomic E-state index is 0.0130. The Morgan fingerprint density at radius 1 is 1.47 bits per heavy atom. The lowest BCUT2D eigenvalue weighted by Crippen LogP contribution is -2.60. The van der Waals surface area contributed by atoms with E-state index in [9.17, 15) is 19.8 Å².